The topological polar surface area (TPSA) is 110 Å². The average Bonchev–Trinajstić information content (AvgIpc) is 3.30. The molecule has 0 aromatic carbocycles. The average molecular weight is 438 g/mol. The van der Waals surface area contributed by atoms with Crippen molar-refractivity contribution in [3.05, 3.63) is 41.2 Å². The lowest BCUT2D eigenvalue weighted by molar-refractivity contribution is 0.493. The molecule has 0 saturated carbocycles. The minimum absolute atomic E-state index is 0.00173. The standard InChI is InChI=1S/C17H16F2N6O2S2/c1-17(7-29(3,26)25(2)16(20)23-17)14-10(18)5-13(28-14)9-4-12(21-6-11(9)19)15-24-22-8-27-15/h4-6,8H,3,7H2,1-2H3,(H2,20,23)/t17-,29?/m0/s1. The highest BCUT2D eigenvalue weighted by molar-refractivity contribution is 7.98. The van der Waals surface area contributed by atoms with Crippen LogP contribution < -0.4 is 5.73 Å². The Bertz CT molecular complexity index is 1220. The Morgan fingerprint density at radius 1 is 1.38 bits per heavy atom. The molecule has 1 aliphatic heterocycles. The van der Waals surface area contributed by atoms with Crippen LogP contribution in [0.15, 0.2) is 34.1 Å². The summed E-state index contributed by atoms with van der Waals surface area (Å²) in [5, 5.41) is 7.31. The van der Waals surface area contributed by atoms with Gasteiger partial charge in [-0.25, -0.2) is 23.0 Å². The zero-order chi connectivity index (χ0) is 21.0. The molecule has 0 aliphatic carbocycles. The second kappa shape index (κ2) is 6.59. The maximum absolute atomic E-state index is 14.9. The van der Waals surface area contributed by atoms with E-state index < -0.39 is 26.9 Å². The Kier molecular flexibility index (Phi) is 4.42. The molecule has 2 N–H and O–H groups in total. The molecule has 0 saturated heterocycles. The summed E-state index contributed by atoms with van der Waals surface area (Å²) in [6.07, 6.45) is 2.13. The molecule has 4 heterocycles. The lowest BCUT2D eigenvalue weighted by Gasteiger charge is -2.36. The van der Waals surface area contributed by atoms with Gasteiger partial charge in [0.2, 0.25) is 12.4 Å². The van der Waals surface area contributed by atoms with Crippen LogP contribution in [0.5, 0.6) is 0 Å². The molecule has 3 aromatic heterocycles. The van der Waals surface area contributed by atoms with Crippen molar-refractivity contribution < 1.29 is 17.4 Å². The van der Waals surface area contributed by atoms with E-state index in [2.05, 4.69) is 26.0 Å². The molecule has 8 nitrogen and oxygen atoms in total. The van der Waals surface area contributed by atoms with Gasteiger partial charge in [-0.15, -0.1) is 21.5 Å². The fourth-order valence-electron chi connectivity index (χ4n) is 3.08. The van der Waals surface area contributed by atoms with E-state index in [0.717, 1.165) is 23.9 Å². The fourth-order valence-corrected chi connectivity index (χ4v) is 5.97. The van der Waals surface area contributed by atoms with Crippen LogP contribution in [-0.2, 0) is 15.2 Å². The van der Waals surface area contributed by atoms with Gasteiger partial charge in [0.25, 0.3) is 5.89 Å². The molecule has 152 valence electrons. The van der Waals surface area contributed by atoms with Crippen molar-refractivity contribution in [2.24, 2.45) is 10.7 Å². The molecule has 12 heteroatoms. The van der Waals surface area contributed by atoms with E-state index in [4.69, 9.17) is 10.2 Å². The van der Waals surface area contributed by atoms with Gasteiger partial charge < -0.3 is 10.2 Å². The largest absolute Gasteiger partial charge is 0.422 e. The third kappa shape index (κ3) is 3.27. The second-order valence-corrected chi connectivity index (χ2v) is 10.2. The predicted molar refractivity (Wildman–Crippen MR) is 108 cm³/mol. The van der Waals surface area contributed by atoms with Crippen molar-refractivity contribution in [1.29, 1.82) is 0 Å². The Morgan fingerprint density at radius 2 is 2.14 bits per heavy atom. The third-order valence-corrected chi connectivity index (χ3v) is 8.16. The summed E-state index contributed by atoms with van der Waals surface area (Å²) in [6.45, 7) is 1.63. The fraction of sp³-hybridized carbons (Fsp3) is 0.235. The smallest absolute Gasteiger partial charge is 0.266 e. The van der Waals surface area contributed by atoms with Crippen LogP contribution in [0, 0.1) is 11.6 Å². The zero-order valence-electron chi connectivity index (χ0n) is 15.4. The zero-order valence-corrected chi connectivity index (χ0v) is 17.1. The maximum atomic E-state index is 14.9. The lowest BCUT2D eigenvalue weighted by Crippen LogP contribution is -2.50. The van der Waals surface area contributed by atoms with E-state index in [-0.39, 0.29) is 33.7 Å². The van der Waals surface area contributed by atoms with Crippen LogP contribution in [-0.4, -0.2) is 48.3 Å². The van der Waals surface area contributed by atoms with E-state index in [1.54, 1.807) is 6.92 Å². The van der Waals surface area contributed by atoms with Crippen LogP contribution in [0.1, 0.15) is 11.8 Å². The Morgan fingerprint density at radius 3 is 2.79 bits per heavy atom. The van der Waals surface area contributed by atoms with Crippen LogP contribution in [0.25, 0.3) is 22.0 Å². The number of rotatable bonds is 3. The minimum atomic E-state index is -2.78. The first-order chi connectivity index (χ1) is 13.6. The highest BCUT2D eigenvalue weighted by Gasteiger charge is 2.40. The minimum Gasteiger partial charge on any atom is -0.422 e. The number of guanidine groups is 1. The van der Waals surface area contributed by atoms with Crippen LogP contribution >= 0.6 is 11.3 Å². The summed E-state index contributed by atoms with van der Waals surface area (Å²) in [5.41, 5.74) is 5.06. The van der Waals surface area contributed by atoms with E-state index in [1.807, 2.05) is 0 Å². The number of pyridine rings is 1. The number of hydrogen-bond acceptors (Lipinski definition) is 8. The van der Waals surface area contributed by atoms with Gasteiger partial charge in [0, 0.05) is 17.5 Å². The van der Waals surface area contributed by atoms with Crippen molar-refractivity contribution >= 4 is 32.9 Å². The molecule has 1 aliphatic rings. The van der Waals surface area contributed by atoms with Gasteiger partial charge in [-0.2, -0.15) is 0 Å². The number of halogens is 2. The summed E-state index contributed by atoms with van der Waals surface area (Å²) in [7, 11) is -1.25. The SMILES string of the molecule is C=S1(=O)C[C@@](C)(c2sc(-c3cc(-c4nnco4)ncc3F)cc2F)N=C(N)N1C. The Labute approximate surface area is 169 Å². The van der Waals surface area contributed by atoms with Gasteiger partial charge in [-0.1, -0.05) is 0 Å². The molecular weight excluding hydrogens is 422 g/mol. The molecule has 0 spiro atoms. The van der Waals surface area contributed by atoms with Gasteiger partial charge in [0.15, 0.2) is 0 Å². The van der Waals surface area contributed by atoms with Crippen LogP contribution in [0.2, 0.25) is 0 Å². The quantitative estimate of drug-likeness (QED) is 0.628. The number of nitrogens with two attached hydrogens (primary N) is 1. The number of nitrogens with zero attached hydrogens (tertiary/aromatic N) is 5. The molecular formula is C17H16F2N6O2S2. The first-order valence-electron chi connectivity index (χ1n) is 8.27. The van der Waals surface area contributed by atoms with E-state index in [0.29, 0.717) is 4.88 Å². The van der Waals surface area contributed by atoms with Crippen molar-refractivity contribution in [1.82, 2.24) is 19.5 Å². The first kappa shape index (κ1) is 19.5. The van der Waals surface area contributed by atoms with Gasteiger partial charge in [-0.3, -0.25) is 4.31 Å². The molecule has 1 unspecified atom stereocenters. The molecule has 2 atom stereocenters. The second-order valence-electron chi connectivity index (χ2n) is 6.74. The molecule has 4 rings (SSSR count). The maximum Gasteiger partial charge on any atom is 0.266 e. The van der Waals surface area contributed by atoms with Crippen molar-refractivity contribution in [3.8, 4) is 22.0 Å². The molecule has 29 heavy (non-hydrogen) atoms. The highest BCUT2D eigenvalue weighted by atomic mass is 32.2. The molecule has 0 radical (unpaired) electrons. The van der Waals surface area contributed by atoms with E-state index in [1.165, 1.54) is 23.5 Å². The van der Waals surface area contributed by atoms with Crippen LogP contribution in [0.3, 0.4) is 0 Å². The Balaban J connectivity index is 1.81. The van der Waals surface area contributed by atoms with Gasteiger partial charge in [0.05, 0.1) is 26.5 Å². The molecule has 0 amide bonds. The monoisotopic (exact) mass is 438 g/mol. The predicted octanol–water partition coefficient (Wildman–Crippen LogP) is 2.25. The van der Waals surface area contributed by atoms with Gasteiger partial charge in [-0.05, 0) is 24.9 Å². The third-order valence-electron chi connectivity index (χ3n) is 4.57. The molecule has 0 fully saturated rings. The van der Waals surface area contributed by atoms with Crippen molar-refractivity contribution in [3.63, 3.8) is 0 Å². The van der Waals surface area contributed by atoms with Crippen molar-refractivity contribution in [2.45, 2.75) is 12.5 Å². The Hall–Kier alpha value is -2.86. The van der Waals surface area contributed by atoms with Crippen molar-refractivity contribution in [2.75, 3.05) is 12.8 Å². The molecule has 0 bridgehead atoms. The number of aliphatic imine (C=N–C) groups is 1. The number of thiophene rings is 1. The van der Waals surface area contributed by atoms with Gasteiger partial charge in [0.1, 0.15) is 22.9 Å². The van der Waals surface area contributed by atoms with Gasteiger partial charge >= 0.3 is 0 Å². The summed E-state index contributed by atoms with van der Waals surface area (Å²) >= 11 is 0.998. The summed E-state index contributed by atoms with van der Waals surface area (Å²) in [6, 6.07) is 2.60. The number of hydrogen-bond donors (Lipinski definition) is 1. The first-order valence-corrected chi connectivity index (χ1v) is 10.9. The van der Waals surface area contributed by atoms with E-state index in [9.17, 15) is 13.0 Å². The number of aromatic nitrogens is 3. The lowest BCUT2D eigenvalue weighted by atomic mass is 10.0. The van der Waals surface area contributed by atoms with E-state index >= 15 is 0 Å². The van der Waals surface area contributed by atoms with Crippen LogP contribution in [0.4, 0.5) is 8.78 Å². The highest BCUT2D eigenvalue weighted by Crippen LogP contribution is 2.42. The summed E-state index contributed by atoms with van der Waals surface area (Å²) < 4.78 is 48.5. The summed E-state index contributed by atoms with van der Waals surface area (Å²) in [5.74, 6) is 2.56. The normalized spacial score (nSPS) is 24.6. The summed E-state index contributed by atoms with van der Waals surface area (Å²) in [4.78, 5) is 8.77. The molecule has 3 aromatic rings.